The average Bonchev–Trinajstić information content (AvgIpc) is 3.13. The number of amides is 2. The maximum absolute atomic E-state index is 13.0. The highest BCUT2D eigenvalue weighted by atomic mass is 127. The Morgan fingerprint density at radius 2 is 1.72 bits per heavy atom. The van der Waals surface area contributed by atoms with E-state index in [-0.39, 0.29) is 29.6 Å². The number of halogens is 4. The highest BCUT2D eigenvalue weighted by Crippen LogP contribution is 2.41. The molecule has 1 aliphatic heterocycles. The molecule has 1 aliphatic rings. The number of rotatable bonds is 8. The minimum atomic E-state index is -4.76. The predicted octanol–water partition coefficient (Wildman–Crippen LogP) is 7.65. The standard InChI is InChI=1S/C26H18F3IN2O6S/c1-2-37-22-11-16(12-23-24(33)31(25(34)39-23)14-15-3-7-18(30)8-4-15)5-9-21(22)38-20-10-6-17(26(27,28)29)13-19(20)32(35)36/h3-13H,2,14H2,1H3/b23-12-. The molecule has 8 nitrogen and oxygen atoms in total. The molecule has 202 valence electrons. The fraction of sp³-hybridized carbons (Fsp3) is 0.154. The van der Waals surface area contributed by atoms with Gasteiger partial charge in [-0.3, -0.25) is 24.6 Å². The van der Waals surface area contributed by atoms with Gasteiger partial charge in [0.2, 0.25) is 5.75 Å². The van der Waals surface area contributed by atoms with Gasteiger partial charge in [0.15, 0.2) is 11.5 Å². The van der Waals surface area contributed by atoms with E-state index in [2.05, 4.69) is 22.6 Å². The van der Waals surface area contributed by atoms with Crippen LogP contribution in [0.3, 0.4) is 0 Å². The van der Waals surface area contributed by atoms with Crippen molar-refractivity contribution in [3.63, 3.8) is 0 Å². The SMILES string of the molecule is CCOc1cc(/C=C2\SC(=O)N(Cc3ccc(I)cc3)C2=O)ccc1Oc1ccc(C(F)(F)F)cc1[N+](=O)[O-]. The molecule has 0 atom stereocenters. The van der Waals surface area contributed by atoms with Crippen LogP contribution in [0.1, 0.15) is 23.6 Å². The lowest BCUT2D eigenvalue weighted by Gasteiger charge is -2.14. The summed E-state index contributed by atoms with van der Waals surface area (Å²) in [6, 6.07) is 13.8. The first-order valence-electron chi connectivity index (χ1n) is 11.3. The lowest BCUT2D eigenvalue weighted by molar-refractivity contribution is -0.385. The molecule has 0 aliphatic carbocycles. The lowest BCUT2D eigenvalue weighted by Crippen LogP contribution is -2.27. The Morgan fingerprint density at radius 3 is 2.36 bits per heavy atom. The number of thioether (sulfide) groups is 1. The van der Waals surface area contributed by atoms with Crippen molar-refractivity contribution in [2.75, 3.05) is 6.61 Å². The van der Waals surface area contributed by atoms with Crippen LogP contribution in [0.4, 0.5) is 23.7 Å². The van der Waals surface area contributed by atoms with Crippen molar-refractivity contribution in [1.29, 1.82) is 0 Å². The van der Waals surface area contributed by atoms with Gasteiger partial charge >= 0.3 is 11.9 Å². The molecule has 4 rings (SSSR count). The van der Waals surface area contributed by atoms with Gasteiger partial charge in [-0.1, -0.05) is 18.2 Å². The van der Waals surface area contributed by atoms with Crippen molar-refractivity contribution < 1.29 is 37.2 Å². The third kappa shape index (κ3) is 6.71. The molecule has 1 saturated heterocycles. The number of benzene rings is 3. The summed E-state index contributed by atoms with van der Waals surface area (Å²) in [6.45, 7) is 2.00. The zero-order valence-electron chi connectivity index (χ0n) is 20.0. The third-order valence-corrected chi connectivity index (χ3v) is 7.02. The van der Waals surface area contributed by atoms with Crippen LogP contribution in [0.25, 0.3) is 6.08 Å². The minimum Gasteiger partial charge on any atom is -0.490 e. The van der Waals surface area contributed by atoms with Gasteiger partial charge in [0.25, 0.3) is 11.1 Å². The molecule has 3 aromatic carbocycles. The van der Waals surface area contributed by atoms with E-state index in [0.29, 0.717) is 17.7 Å². The average molecular weight is 670 g/mol. The Labute approximate surface area is 238 Å². The highest BCUT2D eigenvalue weighted by Gasteiger charge is 2.35. The Hall–Kier alpha value is -3.59. The van der Waals surface area contributed by atoms with Gasteiger partial charge in [0.05, 0.1) is 28.5 Å². The molecule has 0 N–H and O–H groups in total. The maximum Gasteiger partial charge on any atom is 0.416 e. The summed E-state index contributed by atoms with van der Waals surface area (Å²) in [6.07, 6.45) is -3.26. The number of alkyl halides is 3. The molecule has 1 fully saturated rings. The molecule has 0 bridgehead atoms. The Balaban J connectivity index is 1.59. The smallest absolute Gasteiger partial charge is 0.416 e. The first-order valence-corrected chi connectivity index (χ1v) is 13.2. The molecule has 0 spiro atoms. The Kier molecular flexibility index (Phi) is 8.49. The second-order valence-electron chi connectivity index (χ2n) is 8.07. The van der Waals surface area contributed by atoms with Crippen LogP contribution in [-0.2, 0) is 17.5 Å². The van der Waals surface area contributed by atoms with Crippen LogP contribution in [0, 0.1) is 13.7 Å². The van der Waals surface area contributed by atoms with Crippen LogP contribution in [0.15, 0.2) is 65.6 Å². The second-order valence-corrected chi connectivity index (χ2v) is 10.3. The zero-order valence-corrected chi connectivity index (χ0v) is 23.0. The van der Waals surface area contributed by atoms with Gasteiger partial charge in [0.1, 0.15) is 0 Å². The maximum atomic E-state index is 13.0. The lowest BCUT2D eigenvalue weighted by atomic mass is 10.1. The van der Waals surface area contributed by atoms with E-state index in [4.69, 9.17) is 9.47 Å². The van der Waals surface area contributed by atoms with Crippen molar-refractivity contribution in [2.24, 2.45) is 0 Å². The summed E-state index contributed by atoms with van der Waals surface area (Å²) in [7, 11) is 0. The monoisotopic (exact) mass is 670 g/mol. The van der Waals surface area contributed by atoms with Gasteiger partial charge in [-0.15, -0.1) is 0 Å². The number of carbonyl (C=O) groups excluding carboxylic acids is 2. The summed E-state index contributed by atoms with van der Waals surface area (Å²) in [5.41, 5.74) is -0.764. The van der Waals surface area contributed by atoms with Crippen molar-refractivity contribution >= 4 is 57.3 Å². The van der Waals surface area contributed by atoms with E-state index in [1.54, 1.807) is 6.92 Å². The molecule has 0 aromatic heterocycles. The Morgan fingerprint density at radius 1 is 1.03 bits per heavy atom. The van der Waals surface area contributed by atoms with E-state index >= 15 is 0 Å². The van der Waals surface area contributed by atoms with Gasteiger partial charge in [-0.2, -0.15) is 13.2 Å². The number of hydrogen-bond donors (Lipinski definition) is 0. The van der Waals surface area contributed by atoms with Crippen LogP contribution in [0.5, 0.6) is 17.2 Å². The molecule has 39 heavy (non-hydrogen) atoms. The van der Waals surface area contributed by atoms with Gasteiger partial charge in [-0.05, 0) is 94.9 Å². The van der Waals surface area contributed by atoms with Gasteiger partial charge < -0.3 is 9.47 Å². The van der Waals surface area contributed by atoms with Gasteiger partial charge in [0, 0.05) is 9.64 Å². The molecule has 0 saturated carbocycles. The largest absolute Gasteiger partial charge is 0.490 e. The molecular formula is C26H18F3IN2O6S. The fourth-order valence-corrected chi connectivity index (χ4v) is 4.77. The molecule has 13 heteroatoms. The summed E-state index contributed by atoms with van der Waals surface area (Å²) in [5, 5.41) is 11.0. The second kappa shape index (κ2) is 11.7. The number of hydrogen-bond acceptors (Lipinski definition) is 7. The summed E-state index contributed by atoms with van der Waals surface area (Å²) in [4.78, 5) is 37.2. The molecule has 3 aromatic rings. The summed E-state index contributed by atoms with van der Waals surface area (Å²) in [5.74, 6) is -0.706. The normalized spacial score (nSPS) is 14.7. The van der Waals surface area contributed by atoms with E-state index in [1.165, 1.54) is 24.3 Å². The number of nitro benzene ring substituents is 1. The van der Waals surface area contributed by atoms with Crippen molar-refractivity contribution in [3.05, 3.63) is 95.9 Å². The third-order valence-electron chi connectivity index (χ3n) is 5.40. The number of nitrogens with zero attached hydrogens (tertiary/aromatic N) is 2. The molecule has 2 amide bonds. The first-order chi connectivity index (χ1) is 18.5. The van der Waals surface area contributed by atoms with Crippen molar-refractivity contribution in [3.8, 4) is 17.2 Å². The zero-order chi connectivity index (χ0) is 28.3. The predicted molar refractivity (Wildman–Crippen MR) is 146 cm³/mol. The van der Waals surface area contributed by atoms with E-state index < -0.39 is 39.2 Å². The fourth-order valence-electron chi connectivity index (χ4n) is 3.57. The molecule has 0 radical (unpaired) electrons. The number of carbonyl (C=O) groups is 2. The van der Waals surface area contributed by atoms with E-state index in [0.717, 1.165) is 31.9 Å². The highest BCUT2D eigenvalue weighted by molar-refractivity contribution is 14.1. The number of ether oxygens (including phenoxy) is 2. The molecular weight excluding hydrogens is 652 g/mol. The minimum absolute atomic E-state index is 0.0173. The summed E-state index contributed by atoms with van der Waals surface area (Å²) < 4.78 is 51.3. The molecule has 0 unspecified atom stereocenters. The van der Waals surface area contributed by atoms with Gasteiger partial charge in [-0.25, -0.2) is 0 Å². The topological polar surface area (TPSA) is 99.0 Å². The van der Waals surface area contributed by atoms with E-state index in [9.17, 15) is 32.9 Å². The van der Waals surface area contributed by atoms with Crippen molar-refractivity contribution in [1.82, 2.24) is 4.90 Å². The summed E-state index contributed by atoms with van der Waals surface area (Å²) >= 11 is 2.95. The van der Waals surface area contributed by atoms with Crippen LogP contribution >= 0.6 is 34.4 Å². The van der Waals surface area contributed by atoms with E-state index in [1.807, 2.05) is 24.3 Å². The van der Waals surface area contributed by atoms with Crippen LogP contribution in [0.2, 0.25) is 0 Å². The molecule has 1 heterocycles. The van der Waals surface area contributed by atoms with Crippen LogP contribution < -0.4 is 9.47 Å². The number of imide groups is 1. The van der Waals surface area contributed by atoms with Crippen molar-refractivity contribution in [2.45, 2.75) is 19.6 Å². The first kappa shape index (κ1) is 28.4. The van der Waals surface area contributed by atoms with Crippen LogP contribution in [-0.4, -0.2) is 27.6 Å². The Bertz CT molecular complexity index is 1480. The number of nitro groups is 1. The quantitative estimate of drug-likeness (QED) is 0.105.